The van der Waals surface area contributed by atoms with Crippen LogP contribution in [0.4, 0.5) is 11.5 Å². The third-order valence-corrected chi connectivity index (χ3v) is 4.91. The van der Waals surface area contributed by atoms with E-state index in [1.807, 2.05) is 6.07 Å². The van der Waals surface area contributed by atoms with Gasteiger partial charge >= 0.3 is 0 Å². The topological polar surface area (TPSA) is 126 Å². The Morgan fingerprint density at radius 2 is 2.13 bits per heavy atom. The van der Waals surface area contributed by atoms with E-state index in [1.165, 1.54) is 9.58 Å². The second kappa shape index (κ2) is 7.93. The summed E-state index contributed by atoms with van der Waals surface area (Å²) in [6.07, 6.45) is 3.52. The van der Waals surface area contributed by atoms with E-state index in [2.05, 4.69) is 27.2 Å². The average molecular weight is 416 g/mol. The number of rotatable bonds is 4. The summed E-state index contributed by atoms with van der Waals surface area (Å²) in [6, 6.07) is 12.4. The van der Waals surface area contributed by atoms with Gasteiger partial charge in [-0.25, -0.2) is 9.67 Å². The molecule has 2 aromatic heterocycles. The number of hydrogen-bond acceptors (Lipinski definition) is 6. The number of amides is 2. The van der Waals surface area contributed by atoms with Gasteiger partial charge in [-0.1, -0.05) is 24.0 Å². The molecule has 4 rings (SSSR count). The van der Waals surface area contributed by atoms with Crippen LogP contribution in [0.5, 0.6) is 0 Å². The zero-order chi connectivity index (χ0) is 22.0. The van der Waals surface area contributed by atoms with Gasteiger partial charge < -0.3 is 21.1 Å². The Bertz CT molecular complexity index is 1210. The second-order valence-electron chi connectivity index (χ2n) is 7.18. The Morgan fingerprint density at radius 1 is 1.29 bits per heavy atom. The number of likely N-dealkylation sites (N-methyl/N-ethyl adjacent to an activating group) is 1. The lowest BCUT2D eigenvalue weighted by Gasteiger charge is -2.13. The van der Waals surface area contributed by atoms with Gasteiger partial charge in [-0.2, -0.15) is 5.10 Å². The lowest BCUT2D eigenvalue weighted by Crippen LogP contribution is -2.37. The molecule has 0 saturated carbocycles. The molecule has 0 spiro atoms. The fraction of sp³-hybridized carbons (Fsp3) is 0.182. The summed E-state index contributed by atoms with van der Waals surface area (Å²) in [5.41, 5.74) is 5.51. The van der Waals surface area contributed by atoms with Crippen molar-refractivity contribution < 1.29 is 14.7 Å². The predicted octanol–water partition coefficient (Wildman–Crippen LogP) is 1.05. The van der Waals surface area contributed by atoms with E-state index in [0.29, 0.717) is 29.3 Å². The van der Waals surface area contributed by atoms with Gasteiger partial charge in [0.1, 0.15) is 5.82 Å². The summed E-state index contributed by atoms with van der Waals surface area (Å²) in [7, 11) is 1.63. The van der Waals surface area contributed by atoms with Crippen molar-refractivity contribution in [3.8, 4) is 17.5 Å². The van der Waals surface area contributed by atoms with Crippen LogP contribution in [0.15, 0.2) is 54.9 Å². The van der Waals surface area contributed by atoms with Crippen molar-refractivity contribution in [1.82, 2.24) is 19.7 Å². The normalized spacial score (nSPS) is 17.9. The van der Waals surface area contributed by atoms with Crippen LogP contribution in [0.2, 0.25) is 0 Å². The predicted molar refractivity (Wildman–Crippen MR) is 114 cm³/mol. The van der Waals surface area contributed by atoms with Crippen LogP contribution < -0.4 is 11.1 Å². The third-order valence-electron chi connectivity index (χ3n) is 4.91. The third kappa shape index (κ3) is 4.10. The first-order valence-electron chi connectivity index (χ1n) is 9.55. The van der Waals surface area contributed by atoms with Crippen LogP contribution in [-0.4, -0.2) is 55.8 Å². The van der Waals surface area contributed by atoms with E-state index >= 15 is 0 Å². The highest BCUT2D eigenvalue weighted by atomic mass is 16.3. The SMILES string of the molecule is CN1CCC(O)(C#Cc2cccc(-n3cc(Nc4ccccn4)c(C(N)=O)n3)c2)C1=O. The van der Waals surface area contributed by atoms with E-state index in [9.17, 15) is 14.7 Å². The zero-order valence-corrected chi connectivity index (χ0v) is 16.7. The number of pyridine rings is 1. The standard InChI is InChI=1S/C22H20N6O3/c1-27-12-10-22(31,21(27)30)9-8-15-5-4-6-16(13-15)28-14-17(19(26-28)20(23)29)25-18-7-2-3-11-24-18/h2-7,11,13-14,31H,10,12H2,1H3,(H2,23,29)(H,24,25). The molecule has 1 aromatic carbocycles. The number of aromatic nitrogens is 3. The first-order chi connectivity index (χ1) is 14.9. The summed E-state index contributed by atoms with van der Waals surface area (Å²) in [6.45, 7) is 0.458. The van der Waals surface area contributed by atoms with E-state index in [0.717, 1.165) is 0 Å². The first kappa shape index (κ1) is 20.1. The fourth-order valence-corrected chi connectivity index (χ4v) is 3.23. The minimum atomic E-state index is -1.67. The number of carbonyl (C=O) groups is 2. The highest BCUT2D eigenvalue weighted by molar-refractivity contribution is 5.97. The molecule has 1 unspecified atom stereocenters. The van der Waals surface area contributed by atoms with Crippen LogP contribution in [0.1, 0.15) is 22.5 Å². The lowest BCUT2D eigenvalue weighted by molar-refractivity contribution is -0.137. The van der Waals surface area contributed by atoms with Crippen LogP contribution in [0, 0.1) is 11.8 Å². The summed E-state index contributed by atoms with van der Waals surface area (Å²) in [5, 5.41) is 17.8. The number of carbonyl (C=O) groups excluding carboxylic acids is 2. The van der Waals surface area contributed by atoms with Crippen molar-refractivity contribution in [3.63, 3.8) is 0 Å². The largest absolute Gasteiger partial charge is 0.369 e. The Kier molecular flexibility index (Phi) is 5.15. The second-order valence-corrected chi connectivity index (χ2v) is 7.18. The number of nitrogens with one attached hydrogen (secondary N) is 1. The van der Waals surface area contributed by atoms with Gasteiger partial charge in [0.15, 0.2) is 5.69 Å². The Hall–Kier alpha value is -4.16. The molecule has 156 valence electrons. The van der Waals surface area contributed by atoms with Gasteiger partial charge in [-0.15, -0.1) is 0 Å². The smallest absolute Gasteiger partial charge is 0.271 e. The summed E-state index contributed by atoms with van der Waals surface area (Å²) < 4.78 is 1.50. The van der Waals surface area contributed by atoms with Gasteiger partial charge in [-0.3, -0.25) is 9.59 Å². The summed E-state index contributed by atoms with van der Waals surface area (Å²) in [5.74, 6) is 5.02. The summed E-state index contributed by atoms with van der Waals surface area (Å²) in [4.78, 5) is 29.6. The molecule has 4 N–H and O–H groups in total. The molecule has 31 heavy (non-hydrogen) atoms. The van der Waals surface area contributed by atoms with Gasteiger partial charge in [-0.05, 0) is 30.3 Å². The van der Waals surface area contributed by atoms with E-state index < -0.39 is 17.4 Å². The van der Waals surface area contributed by atoms with Gasteiger partial charge in [0.05, 0.1) is 17.6 Å². The van der Waals surface area contributed by atoms with E-state index in [1.54, 1.807) is 55.8 Å². The average Bonchev–Trinajstić information content (AvgIpc) is 3.31. The molecule has 1 atom stereocenters. The molecule has 9 nitrogen and oxygen atoms in total. The van der Waals surface area contributed by atoms with Crippen molar-refractivity contribution >= 4 is 23.3 Å². The molecular formula is C22H20N6O3. The van der Waals surface area contributed by atoms with Crippen molar-refractivity contribution in [2.45, 2.75) is 12.0 Å². The van der Waals surface area contributed by atoms with Crippen molar-refractivity contribution in [3.05, 3.63) is 66.1 Å². The molecular weight excluding hydrogens is 396 g/mol. The minimum Gasteiger partial charge on any atom is -0.369 e. The Morgan fingerprint density at radius 3 is 2.81 bits per heavy atom. The highest BCUT2D eigenvalue weighted by Gasteiger charge is 2.42. The van der Waals surface area contributed by atoms with Crippen LogP contribution in [-0.2, 0) is 4.79 Å². The van der Waals surface area contributed by atoms with Crippen molar-refractivity contribution in [2.24, 2.45) is 5.73 Å². The molecule has 1 saturated heterocycles. The minimum absolute atomic E-state index is 0.0658. The number of aliphatic hydroxyl groups is 1. The molecule has 0 aliphatic carbocycles. The number of hydrogen-bond donors (Lipinski definition) is 3. The monoisotopic (exact) mass is 416 g/mol. The molecule has 1 aliphatic heterocycles. The number of anilines is 2. The first-order valence-corrected chi connectivity index (χ1v) is 9.55. The van der Waals surface area contributed by atoms with Gasteiger partial charge in [0.25, 0.3) is 11.8 Å². The lowest BCUT2D eigenvalue weighted by atomic mass is 10.0. The quantitative estimate of drug-likeness (QED) is 0.546. The maximum Gasteiger partial charge on any atom is 0.271 e. The number of nitrogens with two attached hydrogens (primary N) is 1. The molecule has 2 amide bonds. The molecule has 1 aliphatic rings. The molecule has 3 aromatic rings. The Labute approximate surface area is 178 Å². The van der Waals surface area contributed by atoms with E-state index in [4.69, 9.17) is 5.73 Å². The van der Waals surface area contributed by atoms with Crippen molar-refractivity contribution in [2.75, 3.05) is 18.9 Å². The summed E-state index contributed by atoms with van der Waals surface area (Å²) >= 11 is 0. The van der Waals surface area contributed by atoms with Crippen LogP contribution >= 0.6 is 0 Å². The highest BCUT2D eigenvalue weighted by Crippen LogP contribution is 2.22. The molecule has 0 radical (unpaired) electrons. The van der Waals surface area contributed by atoms with E-state index in [-0.39, 0.29) is 12.1 Å². The number of likely N-dealkylation sites (tertiary alicyclic amines) is 1. The number of primary amides is 1. The van der Waals surface area contributed by atoms with Crippen LogP contribution in [0.25, 0.3) is 5.69 Å². The fourth-order valence-electron chi connectivity index (χ4n) is 3.23. The maximum absolute atomic E-state index is 12.1. The van der Waals surface area contributed by atoms with Crippen molar-refractivity contribution in [1.29, 1.82) is 0 Å². The molecule has 9 heteroatoms. The molecule has 0 bridgehead atoms. The molecule has 3 heterocycles. The number of benzene rings is 1. The Balaban J connectivity index is 1.64. The maximum atomic E-state index is 12.1. The van der Waals surface area contributed by atoms with Gasteiger partial charge in [0.2, 0.25) is 5.60 Å². The van der Waals surface area contributed by atoms with Gasteiger partial charge in [0, 0.05) is 31.8 Å². The zero-order valence-electron chi connectivity index (χ0n) is 16.7. The number of nitrogens with zero attached hydrogens (tertiary/aromatic N) is 4. The van der Waals surface area contributed by atoms with Crippen LogP contribution in [0.3, 0.4) is 0 Å². The molecule has 1 fully saturated rings.